The van der Waals surface area contributed by atoms with Crippen molar-refractivity contribution in [2.24, 2.45) is 0 Å². The van der Waals surface area contributed by atoms with Crippen LogP contribution in [0.2, 0.25) is 0 Å². The average Bonchev–Trinajstić information content (AvgIpc) is 3.20. The van der Waals surface area contributed by atoms with Crippen molar-refractivity contribution in [3.8, 4) is 22.9 Å². The quantitative estimate of drug-likeness (QED) is 0.425. The molecule has 2 heterocycles. The predicted molar refractivity (Wildman–Crippen MR) is 123 cm³/mol. The summed E-state index contributed by atoms with van der Waals surface area (Å²) in [7, 11) is 3.11. The van der Waals surface area contributed by atoms with Gasteiger partial charge in [-0.25, -0.2) is 4.98 Å². The fraction of sp³-hybridized carbons (Fsp3) is 0.154. The summed E-state index contributed by atoms with van der Waals surface area (Å²) in [6.07, 6.45) is 4.24. The van der Waals surface area contributed by atoms with Gasteiger partial charge in [0, 0.05) is 29.8 Å². The van der Waals surface area contributed by atoms with Crippen molar-refractivity contribution in [3.05, 3.63) is 83.7 Å². The van der Waals surface area contributed by atoms with Gasteiger partial charge in [0.15, 0.2) is 5.78 Å². The molecule has 0 amide bonds. The number of Topliss-reactive ketones (excluding diaryl/α,β-unsaturated/α-hetero) is 1. The normalized spacial score (nSPS) is 14.7. The maximum Gasteiger partial charge on any atom is 0.196 e. The predicted octanol–water partition coefficient (Wildman–Crippen LogP) is 5.09. The monoisotopic (exact) mass is 426 g/mol. The Morgan fingerprint density at radius 2 is 1.84 bits per heavy atom. The van der Waals surface area contributed by atoms with Gasteiger partial charge in [-0.2, -0.15) is 0 Å². The molecule has 0 radical (unpaired) electrons. The van der Waals surface area contributed by atoms with E-state index < -0.39 is 0 Å². The SMILES string of the molecule is COc1cc(OC)c2c(c1)OCC/C(=C\c1ccc(-n3cnc4ccccc43)cc1)C2=O. The molecule has 4 aromatic rings. The number of fused-ring (bicyclic) bond motifs is 2. The Labute approximate surface area is 185 Å². The van der Waals surface area contributed by atoms with Crippen LogP contribution < -0.4 is 14.2 Å². The average molecular weight is 426 g/mol. The summed E-state index contributed by atoms with van der Waals surface area (Å²) < 4.78 is 18.6. The van der Waals surface area contributed by atoms with Crippen molar-refractivity contribution in [2.45, 2.75) is 6.42 Å². The smallest absolute Gasteiger partial charge is 0.196 e. The Kier molecular flexibility index (Phi) is 5.11. The van der Waals surface area contributed by atoms with Gasteiger partial charge in [-0.05, 0) is 35.9 Å². The molecule has 1 aromatic heterocycles. The maximum atomic E-state index is 13.3. The highest BCUT2D eigenvalue weighted by molar-refractivity contribution is 6.15. The molecule has 0 fully saturated rings. The largest absolute Gasteiger partial charge is 0.496 e. The summed E-state index contributed by atoms with van der Waals surface area (Å²) in [6.45, 7) is 0.403. The van der Waals surface area contributed by atoms with Crippen LogP contribution in [0.1, 0.15) is 22.3 Å². The summed E-state index contributed by atoms with van der Waals surface area (Å²) in [5.41, 5.74) is 5.06. The van der Waals surface area contributed by atoms with Crippen LogP contribution in [0, 0.1) is 0 Å². The second-order valence-corrected chi connectivity index (χ2v) is 7.49. The topological polar surface area (TPSA) is 62.6 Å². The number of benzene rings is 3. The van der Waals surface area contributed by atoms with E-state index in [1.165, 1.54) is 7.11 Å². The highest BCUT2D eigenvalue weighted by Crippen LogP contribution is 2.38. The summed E-state index contributed by atoms with van der Waals surface area (Å²) in [4.78, 5) is 17.8. The standard InChI is InChI=1S/C26H22N2O4/c1-30-20-14-23(31-2)25-24(15-20)32-12-11-18(26(25)29)13-17-7-9-19(10-8-17)28-16-27-21-5-3-4-6-22(21)28/h3-10,13-16H,11-12H2,1-2H3/b18-13+. The number of hydrogen-bond donors (Lipinski definition) is 0. The van der Waals surface area contributed by atoms with Crippen LogP contribution in [-0.4, -0.2) is 36.2 Å². The summed E-state index contributed by atoms with van der Waals surface area (Å²) in [6, 6.07) is 19.5. The van der Waals surface area contributed by atoms with Gasteiger partial charge < -0.3 is 14.2 Å². The molecule has 1 aliphatic heterocycles. The van der Waals surface area contributed by atoms with Crippen molar-refractivity contribution in [3.63, 3.8) is 0 Å². The molecular weight excluding hydrogens is 404 g/mol. The minimum absolute atomic E-state index is 0.0957. The van der Waals surface area contributed by atoms with E-state index in [0.29, 0.717) is 41.4 Å². The van der Waals surface area contributed by atoms with E-state index in [9.17, 15) is 4.79 Å². The Hall–Kier alpha value is -4.06. The van der Waals surface area contributed by atoms with Crippen molar-refractivity contribution >= 4 is 22.9 Å². The molecule has 0 spiro atoms. The molecule has 0 saturated carbocycles. The van der Waals surface area contributed by atoms with Crippen LogP contribution in [0.5, 0.6) is 17.2 Å². The Balaban J connectivity index is 1.48. The molecule has 32 heavy (non-hydrogen) atoms. The number of hydrogen-bond acceptors (Lipinski definition) is 5. The van der Waals surface area contributed by atoms with Gasteiger partial charge in [-0.15, -0.1) is 0 Å². The van der Waals surface area contributed by atoms with Gasteiger partial charge >= 0.3 is 0 Å². The number of carbonyl (C=O) groups is 1. The molecule has 3 aromatic carbocycles. The lowest BCUT2D eigenvalue weighted by Gasteiger charge is -2.13. The van der Waals surface area contributed by atoms with Crippen LogP contribution in [0.4, 0.5) is 0 Å². The van der Waals surface area contributed by atoms with Gasteiger partial charge in [0.1, 0.15) is 29.1 Å². The number of nitrogens with zero attached hydrogens (tertiary/aromatic N) is 2. The first kappa shape index (κ1) is 19.9. The highest BCUT2D eigenvalue weighted by Gasteiger charge is 2.26. The molecule has 1 aliphatic rings. The fourth-order valence-corrected chi connectivity index (χ4v) is 3.96. The molecular formula is C26H22N2O4. The third-order valence-corrected chi connectivity index (χ3v) is 5.61. The van der Waals surface area contributed by atoms with E-state index in [1.807, 2.05) is 65.5 Å². The van der Waals surface area contributed by atoms with Gasteiger partial charge in [0.25, 0.3) is 0 Å². The van der Waals surface area contributed by atoms with Crippen LogP contribution in [-0.2, 0) is 0 Å². The second-order valence-electron chi connectivity index (χ2n) is 7.49. The second kappa shape index (κ2) is 8.23. The number of ether oxygens (including phenoxy) is 3. The zero-order valence-electron chi connectivity index (χ0n) is 17.9. The Morgan fingerprint density at radius 1 is 1.03 bits per heavy atom. The molecule has 0 unspecified atom stereocenters. The van der Waals surface area contributed by atoms with Gasteiger partial charge in [-0.1, -0.05) is 24.3 Å². The number of para-hydroxylation sites is 2. The first-order valence-electron chi connectivity index (χ1n) is 10.3. The molecule has 0 saturated heterocycles. The molecule has 5 rings (SSSR count). The fourth-order valence-electron chi connectivity index (χ4n) is 3.96. The molecule has 0 bridgehead atoms. The summed E-state index contributed by atoms with van der Waals surface area (Å²) >= 11 is 0. The third-order valence-electron chi connectivity index (χ3n) is 5.61. The summed E-state index contributed by atoms with van der Waals surface area (Å²) in [5.74, 6) is 1.42. The van der Waals surface area contributed by atoms with Crippen LogP contribution in [0.3, 0.4) is 0 Å². The first-order valence-corrected chi connectivity index (χ1v) is 10.3. The van der Waals surface area contributed by atoms with E-state index >= 15 is 0 Å². The molecule has 160 valence electrons. The van der Waals surface area contributed by atoms with Gasteiger partial charge in [-0.3, -0.25) is 9.36 Å². The summed E-state index contributed by atoms with van der Waals surface area (Å²) in [5, 5.41) is 0. The van der Waals surface area contributed by atoms with Crippen molar-refractivity contribution in [1.82, 2.24) is 9.55 Å². The van der Waals surface area contributed by atoms with Gasteiger partial charge in [0.05, 0.1) is 31.9 Å². The van der Waals surface area contributed by atoms with Crippen LogP contribution in [0.15, 0.2) is 72.6 Å². The number of rotatable bonds is 4. The van der Waals surface area contributed by atoms with Crippen molar-refractivity contribution < 1.29 is 19.0 Å². The molecule has 0 atom stereocenters. The number of methoxy groups -OCH3 is 2. The Morgan fingerprint density at radius 3 is 2.62 bits per heavy atom. The van der Waals surface area contributed by atoms with Gasteiger partial charge in [0.2, 0.25) is 0 Å². The lowest BCUT2D eigenvalue weighted by Crippen LogP contribution is -2.05. The minimum atomic E-state index is -0.0957. The van der Waals surface area contributed by atoms with Crippen molar-refractivity contribution in [1.29, 1.82) is 0 Å². The van der Waals surface area contributed by atoms with E-state index in [0.717, 1.165) is 22.3 Å². The Bertz CT molecular complexity index is 1340. The van der Waals surface area contributed by atoms with E-state index in [1.54, 1.807) is 19.2 Å². The zero-order chi connectivity index (χ0) is 22.1. The van der Waals surface area contributed by atoms with Crippen molar-refractivity contribution in [2.75, 3.05) is 20.8 Å². The molecule has 0 aliphatic carbocycles. The van der Waals surface area contributed by atoms with E-state index in [-0.39, 0.29) is 5.78 Å². The minimum Gasteiger partial charge on any atom is -0.496 e. The lowest BCUT2D eigenvalue weighted by molar-refractivity contribution is 0.103. The first-order chi connectivity index (χ1) is 15.7. The number of imidazole rings is 1. The number of aromatic nitrogens is 2. The molecule has 6 heteroatoms. The number of carbonyl (C=O) groups excluding carboxylic acids is 1. The molecule has 0 N–H and O–H groups in total. The van der Waals surface area contributed by atoms with E-state index in [4.69, 9.17) is 14.2 Å². The number of ketones is 1. The van der Waals surface area contributed by atoms with Crippen LogP contribution in [0.25, 0.3) is 22.8 Å². The zero-order valence-corrected chi connectivity index (χ0v) is 17.9. The highest BCUT2D eigenvalue weighted by atomic mass is 16.5. The lowest BCUT2D eigenvalue weighted by atomic mass is 9.98. The third kappa shape index (κ3) is 3.50. The van der Waals surface area contributed by atoms with E-state index in [2.05, 4.69) is 4.98 Å². The molecule has 6 nitrogen and oxygen atoms in total. The van der Waals surface area contributed by atoms with Crippen LogP contribution >= 0.6 is 0 Å². The maximum absolute atomic E-state index is 13.3.